The molecule has 1 aliphatic heterocycles. The number of anilines is 2. The number of rotatable bonds is 3. The number of piperazine rings is 1. The van der Waals surface area contributed by atoms with E-state index in [1.54, 1.807) is 18.2 Å². The summed E-state index contributed by atoms with van der Waals surface area (Å²) >= 11 is 6.29. The molecule has 1 amide bonds. The van der Waals surface area contributed by atoms with E-state index in [4.69, 9.17) is 21.9 Å². The normalized spacial score (nSPS) is 15.1. The molecule has 0 bridgehead atoms. The molecule has 7 heteroatoms. The Kier molecular flexibility index (Phi) is 4.17. The molecule has 2 N–H and O–H groups in total. The van der Waals surface area contributed by atoms with Crippen molar-refractivity contribution >= 4 is 28.9 Å². The largest absolute Gasteiger partial charge is 0.367 e. The zero-order chi connectivity index (χ0) is 16.6. The molecule has 1 aromatic carbocycles. The molecule has 1 fully saturated rings. The Bertz CT molecular complexity index is 716. The van der Waals surface area contributed by atoms with Crippen LogP contribution in [0.4, 0.5) is 11.4 Å². The Morgan fingerprint density at radius 3 is 2.43 bits per heavy atom. The second-order valence-corrected chi connectivity index (χ2v) is 6.08. The SMILES string of the molecule is Cc1noc(C)c1N1CCN(c2cc(C(N)=O)ccc2Cl)CC1. The fraction of sp³-hybridized carbons (Fsp3) is 0.375. The van der Waals surface area contributed by atoms with Crippen molar-refractivity contribution in [3.05, 3.63) is 40.2 Å². The predicted molar refractivity (Wildman–Crippen MR) is 90.4 cm³/mol. The average molecular weight is 335 g/mol. The van der Waals surface area contributed by atoms with Crippen LogP contribution in [0.25, 0.3) is 0 Å². The van der Waals surface area contributed by atoms with Crippen molar-refractivity contribution in [2.45, 2.75) is 13.8 Å². The highest BCUT2D eigenvalue weighted by Crippen LogP contribution is 2.30. The number of halogens is 1. The molecule has 0 spiro atoms. The van der Waals surface area contributed by atoms with Crippen LogP contribution in [-0.2, 0) is 0 Å². The van der Waals surface area contributed by atoms with Gasteiger partial charge in [-0.1, -0.05) is 16.8 Å². The summed E-state index contributed by atoms with van der Waals surface area (Å²) < 4.78 is 5.24. The smallest absolute Gasteiger partial charge is 0.248 e. The number of aromatic nitrogens is 1. The van der Waals surface area contributed by atoms with Crippen LogP contribution in [-0.4, -0.2) is 37.2 Å². The van der Waals surface area contributed by atoms with Crippen LogP contribution >= 0.6 is 11.6 Å². The molecule has 6 nitrogen and oxygen atoms in total. The maximum atomic E-state index is 11.4. The van der Waals surface area contributed by atoms with Crippen LogP contribution in [0.15, 0.2) is 22.7 Å². The lowest BCUT2D eigenvalue weighted by Gasteiger charge is -2.37. The van der Waals surface area contributed by atoms with Crippen molar-refractivity contribution in [3.8, 4) is 0 Å². The maximum Gasteiger partial charge on any atom is 0.248 e. The van der Waals surface area contributed by atoms with Gasteiger partial charge in [-0.25, -0.2) is 0 Å². The number of aryl methyl sites for hydroxylation is 2. The van der Waals surface area contributed by atoms with Gasteiger partial charge in [0.25, 0.3) is 0 Å². The van der Waals surface area contributed by atoms with E-state index >= 15 is 0 Å². The molecule has 0 atom stereocenters. The quantitative estimate of drug-likeness (QED) is 0.932. The number of hydrogen-bond acceptors (Lipinski definition) is 5. The van der Waals surface area contributed by atoms with Gasteiger partial charge in [0.15, 0.2) is 5.76 Å². The zero-order valence-electron chi connectivity index (χ0n) is 13.2. The number of nitrogens with two attached hydrogens (primary N) is 1. The number of primary amides is 1. The highest BCUT2D eigenvalue weighted by Gasteiger charge is 2.23. The standard InChI is InChI=1S/C16H19ClN4O2/c1-10-15(11(2)23-19-10)21-7-5-20(6-8-21)14-9-12(16(18)22)3-4-13(14)17/h3-4,9H,5-8H2,1-2H3,(H2,18,22). The molecule has 0 unspecified atom stereocenters. The third-order valence-electron chi connectivity index (χ3n) is 4.16. The van der Waals surface area contributed by atoms with Crippen molar-refractivity contribution in [1.82, 2.24) is 5.16 Å². The summed E-state index contributed by atoms with van der Waals surface area (Å²) in [6.07, 6.45) is 0. The number of nitrogens with zero attached hydrogens (tertiary/aromatic N) is 3. The second-order valence-electron chi connectivity index (χ2n) is 5.68. The van der Waals surface area contributed by atoms with Crippen molar-refractivity contribution in [1.29, 1.82) is 0 Å². The Hall–Kier alpha value is -2.21. The molecule has 0 radical (unpaired) electrons. The van der Waals surface area contributed by atoms with Crippen molar-refractivity contribution < 1.29 is 9.32 Å². The van der Waals surface area contributed by atoms with Gasteiger partial charge in [0, 0.05) is 31.7 Å². The number of carbonyl (C=O) groups is 1. The minimum absolute atomic E-state index is 0.447. The lowest BCUT2D eigenvalue weighted by molar-refractivity contribution is 0.100. The van der Waals surface area contributed by atoms with Gasteiger partial charge in [-0.15, -0.1) is 0 Å². The summed E-state index contributed by atoms with van der Waals surface area (Å²) in [6.45, 7) is 7.14. The summed E-state index contributed by atoms with van der Waals surface area (Å²) in [6, 6.07) is 5.13. The van der Waals surface area contributed by atoms with E-state index < -0.39 is 5.91 Å². The lowest BCUT2D eigenvalue weighted by atomic mass is 10.1. The molecule has 3 rings (SSSR count). The monoisotopic (exact) mass is 334 g/mol. The van der Waals surface area contributed by atoms with Gasteiger partial charge < -0.3 is 20.1 Å². The van der Waals surface area contributed by atoms with Crippen molar-refractivity contribution in [3.63, 3.8) is 0 Å². The molecule has 1 aromatic heterocycles. The molecular weight excluding hydrogens is 316 g/mol. The fourth-order valence-corrected chi connectivity index (χ4v) is 3.25. The summed E-state index contributed by atoms with van der Waals surface area (Å²) in [5.41, 5.74) is 8.65. The van der Waals surface area contributed by atoms with Crippen LogP contribution in [0, 0.1) is 13.8 Å². The van der Waals surface area contributed by atoms with Crippen LogP contribution < -0.4 is 15.5 Å². The predicted octanol–water partition coefficient (Wildman–Crippen LogP) is 2.37. The van der Waals surface area contributed by atoms with Gasteiger partial charge in [-0.2, -0.15) is 0 Å². The van der Waals surface area contributed by atoms with Gasteiger partial charge in [0.1, 0.15) is 11.4 Å². The first kappa shape index (κ1) is 15.7. The average Bonchev–Trinajstić information content (AvgIpc) is 2.87. The summed E-state index contributed by atoms with van der Waals surface area (Å²) in [5.74, 6) is 0.391. The Labute approximate surface area is 139 Å². The molecule has 1 aliphatic rings. The van der Waals surface area contributed by atoms with Gasteiger partial charge in [-0.05, 0) is 32.0 Å². The molecule has 122 valence electrons. The molecule has 1 saturated heterocycles. The molecular formula is C16H19ClN4O2. The third-order valence-corrected chi connectivity index (χ3v) is 4.48. The third kappa shape index (κ3) is 2.99. The molecule has 0 aliphatic carbocycles. The summed E-state index contributed by atoms with van der Waals surface area (Å²) in [5, 5.41) is 4.64. The second kappa shape index (κ2) is 6.12. The van der Waals surface area contributed by atoms with E-state index in [0.29, 0.717) is 10.6 Å². The van der Waals surface area contributed by atoms with E-state index in [0.717, 1.165) is 49.0 Å². The first-order valence-electron chi connectivity index (χ1n) is 7.49. The van der Waals surface area contributed by atoms with Crippen LogP contribution in [0.5, 0.6) is 0 Å². The lowest BCUT2D eigenvalue weighted by Crippen LogP contribution is -2.47. The summed E-state index contributed by atoms with van der Waals surface area (Å²) in [7, 11) is 0. The zero-order valence-corrected chi connectivity index (χ0v) is 13.9. The van der Waals surface area contributed by atoms with Crippen LogP contribution in [0.2, 0.25) is 5.02 Å². The maximum absolute atomic E-state index is 11.4. The molecule has 23 heavy (non-hydrogen) atoms. The van der Waals surface area contributed by atoms with E-state index in [-0.39, 0.29) is 0 Å². The topological polar surface area (TPSA) is 75.6 Å². The van der Waals surface area contributed by atoms with Crippen molar-refractivity contribution in [2.24, 2.45) is 5.73 Å². The first-order chi connectivity index (χ1) is 11.0. The first-order valence-corrected chi connectivity index (χ1v) is 7.87. The minimum Gasteiger partial charge on any atom is -0.367 e. The Balaban J connectivity index is 1.77. The fourth-order valence-electron chi connectivity index (χ4n) is 3.01. The van der Waals surface area contributed by atoms with Crippen LogP contribution in [0.1, 0.15) is 21.8 Å². The molecule has 2 aromatic rings. The molecule has 2 heterocycles. The number of amides is 1. The van der Waals surface area contributed by atoms with E-state index in [2.05, 4.69) is 15.0 Å². The summed E-state index contributed by atoms with van der Waals surface area (Å²) in [4.78, 5) is 15.8. The van der Waals surface area contributed by atoms with E-state index in [9.17, 15) is 4.79 Å². The van der Waals surface area contributed by atoms with Gasteiger partial charge in [0.05, 0.1) is 10.7 Å². The van der Waals surface area contributed by atoms with E-state index in [1.807, 2.05) is 13.8 Å². The number of hydrogen-bond donors (Lipinski definition) is 1. The molecule has 0 saturated carbocycles. The van der Waals surface area contributed by atoms with Crippen LogP contribution in [0.3, 0.4) is 0 Å². The number of carbonyl (C=O) groups excluding carboxylic acids is 1. The van der Waals surface area contributed by atoms with Gasteiger partial charge in [0.2, 0.25) is 5.91 Å². The van der Waals surface area contributed by atoms with Crippen molar-refractivity contribution in [2.75, 3.05) is 36.0 Å². The number of benzene rings is 1. The Morgan fingerprint density at radius 1 is 1.22 bits per heavy atom. The highest BCUT2D eigenvalue weighted by molar-refractivity contribution is 6.33. The highest BCUT2D eigenvalue weighted by atomic mass is 35.5. The van der Waals surface area contributed by atoms with Gasteiger partial charge in [-0.3, -0.25) is 4.79 Å². The van der Waals surface area contributed by atoms with Gasteiger partial charge >= 0.3 is 0 Å². The van der Waals surface area contributed by atoms with E-state index in [1.165, 1.54) is 0 Å². The Morgan fingerprint density at radius 2 is 1.87 bits per heavy atom. The minimum atomic E-state index is -0.447.